The van der Waals surface area contributed by atoms with Gasteiger partial charge in [-0.15, -0.1) is 5.10 Å². The SMILES string of the molecule is CC(N[C@H](CO)C(C)C)c1cccc(-n2cnnn2)c1. The molecule has 0 aliphatic carbocycles. The van der Waals surface area contributed by atoms with Crippen LogP contribution < -0.4 is 5.32 Å². The van der Waals surface area contributed by atoms with E-state index in [4.69, 9.17) is 0 Å². The summed E-state index contributed by atoms with van der Waals surface area (Å²) in [4.78, 5) is 0. The van der Waals surface area contributed by atoms with E-state index in [9.17, 15) is 5.11 Å². The van der Waals surface area contributed by atoms with Gasteiger partial charge in [-0.25, -0.2) is 4.68 Å². The highest BCUT2D eigenvalue weighted by Crippen LogP contribution is 2.18. The molecule has 20 heavy (non-hydrogen) atoms. The van der Waals surface area contributed by atoms with Gasteiger partial charge in [-0.05, 0) is 41.0 Å². The molecule has 2 N–H and O–H groups in total. The second-order valence-electron chi connectivity index (χ2n) is 5.27. The first-order valence-corrected chi connectivity index (χ1v) is 6.82. The number of hydrogen-bond donors (Lipinski definition) is 2. The van der Waals surface area contributed by atoms with Crippen LogP contribution in [0.1, 0.15) is 32.4 Å². The number of aliphatic hydroxyl groups excluding tert-OH is 1. The number of aromatic nitrogens is 4. The standard InChI is InChI=1S/C14H21N5O/c1-10(2)14(8-20)16-11(3)12-5-4-6-13(7-12)19-9-15-17-18-19/h4-7,9-11,14,16,20H,8H2,1-3H3/t11?,14-/m1/s1. The van der Waals surface area contributed by atoms with E-state index in [0.29, 0.717) is 5.92 Å². The van der Waals surface area contributed by atoms with Crippen molar-refractivity contribution in [3.8, 4) is 5.69 Å². The number of hydrogen-bond acceptors (Lipinski definition) is 5. The fourth-order valence-corrected chi connectivity index (χ4v) is 2.09. The monoisotopic (exact) mass is 275 g/mol. The minimum absolute atomic E-state index is 0.0849. The lowest BCUT2D eigenvalue weighted by Gasteiger charge is -2.25. The number of rotatable bonds is 6. The van der Waals surface area contributed by atoms with E-state index >= 15 is 0 Å². The van der Waals surface area contributed by atoms with Crippen molar-refractivity contribution >= 4 is 0 Å². The number of aliphatic hydroxyl groups is 1. The first-order valence-electron chi connectivity index (χ1n) is 6.82. The Hall–Kier alpha value is -1.79. The Kier molecular flexibility index (Phi) is 4.81. The predicted octanol–water partition coefficient (Wildman–Crippen LogP) is 1.33. The Bertz CT molecular complexity index is 526. The van der Waals surface area contributed by atoms with Crippen LogP contribution in [0.4, 0.5) is 0 Å². The fourth-order valence-electron chi connectivity index (χ4n) is 2.09. The highest BCUT2D eigenvalue weighted by molar-refractivity contribution is 5.35. The van der Waals surface area contributed by atoms with E-state index in [1.807, 2.05) is 18.2 Å². The molecular weight excluding hydrogens is 254 g/mol. The van der Waals surface area contributed by atoms with Gasteiger partial charge >= 0.3 is 0 Å². The molecule has 0 aliphatic rings. The molecule has 6 nitrogen and oxygen atoms in total. The molecule has 2 atom stereocenters. The summed E-state index contributed by atoms with van der Waals surface area (Å²) in [6, 6.07) is 8.27. The van der Waals surface area contributed by atoms with E-state index in [1.165, 1.54) is 0 Å². The van der Waals surface area contributed by atoms with E-state index < -0.39 is 0 Å². The lowest BCUT2D eigenvalue weighted by atomic mass is 10.0. The molecule has 108 valence electrons. The molecule has 0 fully saturated rings. The second-order valence-corrected chi connectivity index (χ2v) is 5.27. The minimum atomic E-state index is 0.0849. The molecule has 1 heterocycles. The maximum absolute atomic E-state index is 9.40. The van der Waals surface area contributed by atoms with Crippen LogP contribution in [0.2, 0.25) is 0 Å². The highest BCUT2D eigenvalue weighted by Gasteiger charge is 2.16. The summed E-state index contributed by atoms with van der Waals surface area (Å²) in [6.45, 7) is 6.41. The third-order valence-electron chi connectivity index (χ3n) is 3.45. The summed E-state index contributed by atoms with van der Waals surface area (Å²) < 4.78 is 1.63. The molecule has 1 unspecified atom stereocenters. The Morgan fingerprint density at radius 2 is 2.10 bits per heavy atom. The topological polar surface area (TPSA) is 75.9 Å². The van der Waals surface area contributed by atoms with Gasteiger partial charge in [0.05, 0.1) is 12.3 Å². The van der Waals surface area contributed by atoms with Gasteiger partial charge in [-0.3, -0.25) is 0 Å². The zero-order chi connectivity index (χ0) is 14.5. The van der Waals surface area contributed by atoms with Crippen molar-refractivity contribution in [1.29, 1.82) is 0 Å². The summed E-state index contributed by atoms with van der Waals surface area (Å²) in [5.41, 5.74) is 2.06. The van der Waals surface area contributed by atoms with Crippen LogP contribution in [0, 0.1) is 5.92 Å². The molecule has 0 bridgehead atoms. The molecular formula is C14H21N5O. The molecule has 0 spiro atoms. The van der Waals surface area contributed by atoms with Crippen LogP contribution in [-0.4, -0.2) is 38.0 Å². The molecule has 2 rings (SSSR count). The molecule has 0 radical (unpaired) electrons. The van der Waals surface area contributed by atoms with Crippen LogP contribution >= 0.6 is 0 Å². The Morgan fingerprint density at radius 3 is 2.70 bits per heavy atom. The average molecular weight is 275 g/mol. The lowest BCUT2D eigenvalue weighted by Crippen LogP contribution is -2.38. The van der Waals surface area contributed by atoms with Crippen LogP contribution in [0.25, 0.3) is 5.69 Å². The van der Waals surface area contributed by atoms with Gasteiger partial charge in [0.1, 0.15) is 6.33 Å². The number of benzene rings is 1. The maximum Gasteiger partial charge on any atom is 0.143 e. The molecule has 0 aliphatic heterocycles. The van der Waals surface area contributed by atoms with Gasteiger partial charge in [0.2, 0.25) is 0 Å². The highest BCUT2D eigenvalue weighted by atomic mass is 16.3. The molecule has 0 amide bonds. The van der Waals surface area contributed by atoms with E-state index in [-0.39, 0.29) is 18.7 Å². The van der Waals surface area contributed by atoms with Gasteiger partial charge in [0.25, 0.3) is 0 Å². The van der Waals surface area contributed by atoms with Gasteiger partial charge in [0.15, 0.2) is 0 Å². The minimum Gasteiger partial charge on any atom is -0.395 e. The molecule has 2 aromatic rings. The van der Waals surface area contributed by atoms with E-state index in [0.717, 1.165) is 11.3 Å². The number of nitrogens with zero attached hydrogens (tertiary/aromatic N) is 4. The van der Waals surface area contributed by atoms with Crippen LogP contribution in [0.3, 0.4) is 0 Å². The van der Waals surface area contributed by atoms with Crippen molar-refractivity contribution in [1.82, 2.24) is 25.5 Å². The van der Waals surface area contributed by atoms with Crippen molar-refractivity contribution in [3.63, 3.8) is 0 Å². The fraction of sp³-hybridized carbons (Fsp3) is 0.500. The predicted molar refractivity (Wildman–Crippen MR) is 76.4 cm³/mol. The zero-order valence-electron chi connectivity index (χ0n) is 12.1. The average Bonchev–Trinajstić information content (AvgIpc) is 2.98. The molecule has 1 aromatic heterocycles. The van der Waals surface area contributed by atoms with Gasteiger partial charge in [-0.1, -0.05) is 26.0 Å². The van der Waals surface area contributed by atoms with Gasteiger partial charge in [-0.2, -0.15) is 0 Å². The molecule has 0 saturated carbocycles. The van der Waals surface area contributed by atoms with Crippen molar-refractivity contribution in [2.75, 3.05) is 6.61 Å². The molecule has 1 aromatic carbocycles. The third-order valence-corrected chi connectivity index (χ3v) is 3.45. The smallest absolute Gasteiger partial charge is 0.143 e. The van der Waals surface area contributed by atoms with Crippen LogP contribution in [0.5, 0.6) is 0 Å². The van der Waals surface area contributed by atoms with Crippen molar-refractivity contribution < 1.29 is 5.11 Å². The molecule has 0 saturated heterocycles. The van der Waals surface area contributed by atoms with Gasteiger partial charge < -0.3 is 10.4 Å². The Balaban J connectivity index is 2.14. The van der Waals surface area contributed by atoms with Gasteiger partial charge in [0, 0.05) is 12.1 Å². The number of nitrogens with one attached hydrogen (secondary N) is 1. The lowest BCUT2D eigenvalue weighted by molar-refractivity contribution is 0.201. The van der Waals surface area contributed by atoms with Crippen LogP contribution in [-0.2, 0) is 0 Å². The van der Waals surface area contributed by atoms with Crippen molar-refractivity contribution in [2.45, 2.75) is 32.9 Å². The largest absolute Gasteiger partial charge is 0.395 e. The first kappa shape index (κ1) is 14.6. The Morgan fingerprint density at radius 1 is 1.30 bits per heavy atom. The maximum atomic E-state index is 9.40. The van der Waals surface area contributed by atoms with E-state index in [2.05, 4.69) is 47.7 Å². The van der Waals surface area contributed by atoms with E-state index in [1.54, 1.807) is 11.0 Å². The zero-order valence-corrected chi connectivity index (χ0v) is 12.1. The van der Waals surface area contributed by atoms with Crippen LogP contribution in [0.15, 0.2) is 30.6 Å². The third kappa shape index (κ3) is 3.40. The van der Waals surface area contributed by atoms with Crippen molar-refractivity contribution in [3.05, 3.63) is 36.2 Å². The Labute approximate surface area is 118 Å². The molecule has 6 heteroatoms. The summed E-state index contributed by atoms with van der Waals surface area (Å²) >= 11 is 0. The number of tetrazole rings is 1. The first-order chi connectivity index (χ1) is 9.61. The quantitative estimate of drug-likeness (QED) is 0.832. The summed E-state index contributed by atoms with van der Waals surface area (Å²) in [6.07, 6.45) is 1.57. The second kappa shape index (κ2) is 6.58. The summed E-state index contributed by atoms with van der Waals surface area (Å²) in [5.74, 6) is 0.380. The van der Waals surface area contributed by atoms with Crippen molar-refractivity contribution in [2.24, 2.45) is 5.92 Å². The normalized spacial score (nSPS) is 14.4. The summed E-state index contributed by atoms with van der Waals surface area (Å²) in [5, 5.41) is 24.0. The summed E-state index contributed by atoms with van der Waals surface area (Å²) in [7, 11) is 0.